The zero-order valence-electron chi connectivity index (χ0n) is 8.56. The highest BCUT2D eigenvalue weighted by atomic mass is 16.5. The molecule has 0 aliphatic heterocycles. The van der Waals surface area contributed by atoms with Crippen LogP contribution >= 0.6 is 0 Å². The lowest BCUT2D eigenvalue weighted by Crippen LogP contribution is -2.03. The van der Waals surface area contributed by atoms with Crippen molar-refractivity contribution in [1.29, 1.82) is 0 Å². The molecule has 0 aromatic carbocycles. The van der Waals surface area contributed by atoms with E-state index in [9.17, 15) is 0 Å². The molecule has 2 aliphatic rings. The van der Waals surface area contributed by atoms with Gasteiger partial charge in [0.2, 0.25) is 0 Å². The average Bonchev–Trinajstić information content (AvgIpc) is 2.91. The van der Waals surface area contributed by atoms with Crippen LogP contribution in [0.2, 0.25) is 0 Å². The Morgan fingerprint density at radius 2 is 2.33 bits per heavy atom. The molecule has 0 N–H and O–H groups in total. The normalized spacial score (nSPS) is 32.1. The maximum absolute atomic E-state index is 5.55. The molecule has 1 aromatic rings. The van der Waals surface area contributed by atoms with Gasteiger partial charge in [0.15, 0.2) is 5.75 Å². The first-order chi connectivity index (χ1) is 7.36. The van der Waals surface area contributed by atoms with Crippen LogP contribution in [0.4, 0.5) is 0 Å². The smallest absolute Gasteiger partial charge is 0.164 e. The van der Waals surface area contributed by atoms with E-state index < -0.39 is 0 Å². The molecule has 3 atom stereocenters. The Bertz CT molecular complexity index is 402. The van der Waals surface area contributed by atoms with Crippen LogP contribution in [-0.2, 0) is 0 Å². The highest BCUT2D eigenvalue weighted by Crippen LogP contribution is 2.49. The minimum Gasteiger partial charge on any atom is -0.465 e. The molecule has 1 heterocycles. The van der Waals surface area contributed by atoms with Crippen LogP contribution in [0, 0.1) is 11.8 Å². The molecule has 2 heteroatoms. The predicted molar refractivity (Wildman–Crippen MR) is 57.6 cm³/mol. The fourth-order valence-corrected chi connectivity index (χ4v) is 2.79. The molecule has 0 spiro atoms. The molecule has 1 saturated carbocycles. The maximum Gasteiger partial charge on any atom is 0.164 e. The third kappa shape index (κ3) is 1.41. The summed E-state index contributed by atoms with van der Waals surface area (Å²) >= 11 is 0. The van der Waals surface area contributed by atoms with E-state index in [4.69, 9.17) is 9.15 Å². The molecule has 3 rings (SSSR count). The topological polar surface area (TPSA) is 22.4 Å². The lowest BCUT2D eigenvalue weighted by Gasteiger charge is -2.14. The number of hydrogen-bond donors (Lipinski definition) is 0. The predicted octanol–water partition coefficient (Wildman–Crippen LogP) is 3.48. The highest BCUT2D eigenvalue weighted by molar-refractivity contribution is 5.27. The zero-order valence-corrected chi connectivity index (χ0v) is 8.56. The van der Waals surface area contributed by atoms with E-state index in [0.29, 0.717) is 11.8 Å². The lowest BCUT2D eigenvalue weighted by atomic mass is 9.91. The molecule has 0 saturated heterocycles. The van der Waals surface area contributed by atoms with Gasteiger partial charge in [-0.25, -0.2) is 0 Å². The van der Waals surface area contributed by atoms with Gasteiger partial charge >= 0.3 is 0 Å². The molecule has 1 fully saturated rings. The van der Waals surface area contributed by atoms with Gasteiger partial charge < -0.3 is 9.15 Å². The number of rotatable bonds is 3. The minimum atomic E-state index is 0.558. The van der Waals surface area contributed by atoms with Gasteiger partial charge in [-0.05, 0) is 24.7 Å². The fourth-order valence-electron chi connectivity index (χ4n) is 2.79. The summed E-state index contributed by atoms with van der Waals surface area (Å²) < 4.78 is 10.7. The van der Waals surface area contributed by atoms with Crippen LogP contribution in [0.25, 0.3) is 0 Å². The van der Waals surface area contributed by atoms with Crippen LogP contribution in [0.3, 0.4) is 0 Å². The molecular formula is C13H14O2. The van der Waals surface area contributed by atoms with Crippen LogP contribution in [0.5, 0.6) is 5.75 Å². The zero-order chi connectivity index (χ0) is 10.3. The van der Waals surface area contributed by atoms with Crippen molar-refractivity contribution in [3.63, 3.8) is 0 Å². The van der Waals surface area contributed by atoms with Gasteiger partial charge in [0, 0.05) is 12.0 Å². The summed E-state index contributed by atoms with van der Waals surface area (Å²) in [4.78, 5) is 0. The summed E-state index contributed by atoms with van der Waals surface area (Å²) in [5.74, 6) is 3.82. The third-order valence-corrected chi connectivity index (χ3v) is 3.46. The fraction of sp³-hybridized carbons (Fsp3) is 0.385. The van der Waals surface area contributed by atoms with Crippen LogP contribution in [0.15, 0.2) is 41.7 Å². The first-order valence-electron chi connectivity index (χ1n) is 5.41. The summed E-state index contributed by atoms with van der Waals surface area (Å²) in [6.07, 6.45) is 10.3. The monoisotopic (exact) mass is 202 g/mol. The Morgan fingerprint density at radius 3 is 3.00 bits per heavy atom. The Balaban J connectivity index is 1.81. The molecular weight excluding hydrogens is 188 g/mol. The standard InChI is InChI=1S/C13H14O2/c1-2-14-11-7-13(15-8-11)12-6-9-3-4-10(12)5-9/h2-4,7-10,12H,1,5-6H2. The van der Waals surface area contributed by atoms with Gasteiger partial charge in [-0.2, -0.15) is 0 Å². The van der Waals surface area contributed by atoms with Crippen LogP contribution in [-0.4, -0.2) is 0 Å². The second kappa shape index (κ2) is 3.30. The van der Waals surface area contributed by atoms with Gasteiger partial charge in [-0.3, -0.25) is 0 Å². The Kier molecular flexibility index (Phi) is 1.94. The van der Waals surface area contributed by atoms with Crippen molar-refractivity contribution in [3.05, 3.63) is 43.1 Å². The van der Waals surface area contributed by atoms with Gasteiger partial charge in [-0.1, -0.05) is 18.7 Å². The molecule has 3 unspecified atom stereocenters. The summed E-state index contributed by atoms with van der Waals surface area (Å²) in [6.45, 7) is 3.53. The molecule has 2 nitrogen and oxygen atoms in total. The third-order valence-electron chi connectivity index (χ3n) is 3.46. The second-order valence-corrected chi connectivity index (χ2v) is 4.36. The summed E-state index contributed by atoms with van der Waals surface area (Å²) in [5, 5.41) is 0. The van der Waals surface area contributed by atoms with Crippen molar-refractivity contribution >= 4 is 0 Å². The van der Waals surface area contributed by atoms with E-state index in [-0.39, 0.29) is 0 Å². The second-order valence-electron chi connectivity index (χ2n) is 4.36. The van der Waals surface area contributed by atoms with Gasteiger partial charge in [0.05, 0.1) is 6.26 Å². The lowest BCUT2D eigenvalue weighted by molar-refractivity contribution is 0.420. The number of hydrogen-bond acceptors (Lipinski definition) is 2. The first kappa shape index (κ1) is 8.84. The van der Waals surface area contributed by atoms with E-state index in [1.807, 2.05) is 6.07 Å². The summed E-state index contributed by atoms with van der Waals surface area (Å²) in [6, 6.07) is 1.99. The molecule has 78 valence electrons. The number of furan rings is 1. The molecule has 1 aromatic heterocycles. The first-order valence-corrected chi connectivity index (χ1v) is 5.41. The van der Waals surface area contributed by atoms with E-state index in [0.717, 1.165) is 17.4 Å². The highest BCUT2D eigenvalue weighted by Gasteiger charge is 2.38. The van der Waals surface area contributed by atoms with E-state index in [1.54, 1.807) is 6.26 Å². The van der Waals surface area contributed by atoms with E-state index in [2.05, 4.69) is 18.7 Å². The van der Waals surface area contributed by atoms with Crippen molar-refractivity contribution in [2.24, 2.45) is 11.8 Å². The number of allylic oxidation sites excluding steroid dienone is 2. The SMILES string of the molecule is C=COc1coc(C2CC3C=CC2C3)c1. The Labute approximate surface area is 89.2 Å². The number of fused-ring (bicyclic) bond motifs is 2. The molecule has 15 heavy (non-hydrogen) atoms. The quantitative estimate of drug-likeness (QED) is 0.553. The van der Waals surface area contributed by atoms with Crippen molar-refractivity contribution in [2.45, 2.75) is 18.8 Å². The molecule has 0 radical (unpaired) electrons. The van der Waals surface area contributed by atoms with Crippen LogP contribution in [0.1, 0.15) is 24.5 Å². The van der Waals surface area contributed by atoms with E-state index in [1.165, 1.54) is 19.1 Å². The van der Waals surface area contributed by atoms with Crippen molar-refractivity contribution in [2.75, 3.05) is 0 Å². The van der Waals surface area contributed by atoms with Gasteiger partial charge in [0.1, 0.15) is 12.0 Å². The summed E-state index contributed by atoms with van der Waals surface area (Å²) in [7, 11) is 0. The Morgan fingerprint density at radius 1 is 1.40 bits per heavy atom. The van der Waals surface area contributed by atoms with Crippen molar-refractivity contribution < 1.29 is 9.15 Å². The van der Waals surface area contributed by atoms with Crippen molar-refractivity contribution in [3.8, 4) is 5.75 Å². The minimum absolute atomic E-state index is 0.558. The maximum atomic E-state index is 5.55. The Hall–Kier alpha value is -1.44. The summed E-state index contributed by atoms with van der Waals surface area (Å²) in [5.41, 5.74) is 0. The molecule has 2 bridgehead atoms. The number of ether oxygens (including phenoxy) is 1. The van der Waals surface area contributed by atoms with Crippen LogP contribution < -0.4 is 4.74 Å². The largest absolute Gasteiger partial charge is 0.465 e. The molecule has 2 aliphatic carbocycles. The van der Waals surface area contributed by atoms with E-state index >= 15 is 0 Å². The van der Waals surface area contributed by atoms with Gasteiger partial charge in [0.25, 0.3) is 0 Å². The average molecular weight is 202 g/mol. The van der Waals surface area contributed by atoms with Gasteiger partial charge in [-0.15, -0.1) is 0 Å². The molecule has 0 amide bonds. The van der Waals surface area contributed by atoms with Crippen molar-refractivity contribution in [1.82, 2.24) is 0 Å².